The van der Waals surface area contributed by atoms with Crippen molar-refractivity contribution in [1.29, 1.82) is 0 Å². The minimum atomic E-state index is -1.00. The smallest absolute Gasteiger partial charge is 0.328 e. The van der Waals surface area contributed by atoms with E-state index >= 15 is 0 Å². The Balaban J connectivity index is 2.54. The van der Waals surface area contributed by atoms with Crippen LogP contribution >= 0.6 is 0 Å². The molecule has 0 aliphatic carbocycles. The number of hydrogen-bond donors (Lipinski definition) is 4. The maximum Gasteiger partial charge on any atom is 0.328 e. The predicted octanol–water partition coefficient (Wildman–Crippen LogP) is 5.33. The Morgan fingerprint density at radius 1 is 0.975 bits per heavy atom. The van der Waals surface area contributed by atoms with E-state index in [1.807, 2.05) is 50.3 Å². The van der Waals surface area contributed by atoms with Gasteiger partial charge in [-0.2, -0.15) is 0 Å². The Labute approximate surface area is 242 Å². The number of benzene rings is 1. The summed E-state index contributed by atoms with van der Waals surface area (Å²) in [4.78, 5) is 13.0. The Morgan fingerprint density at radius 2 is 1.60 bits per heavy atom. The molecule has 0 bridgehead atoms. The quantitative estimate of drug-likeness (QED) is 0.0812. The number of hydrogen-bond acceptors (Lipinski definition) is 7. The summed E-state index contributed by atoms with van der Waals surface area (Å²) in [6.45, 7) is 14.9. The molecule has 1 aromatic carbocycles. The van der Waals surface area contributed by atoms with Gasteiger partial charge in [0.05, 0.1) is 25.9 Å². The minimum Gasteiger partial charge on any atom is -0.461 e. The van der Waals surface area contributed by atoms with E-state index in [4.69, 9.17) is 9.47 Å². The third-order valence-corrected chi connectivity index (χ3v) is 7.17. The molecule has 0 saturated carbocycles. The zero-order valence-electron chi connectivity index (χ0n) is 25.4. The molecule has 0 heterocycles. The Morgan fingerprint density at radius 3 is 2.23 bits per heavy atom. The molecule has 0 spiro atoms. The molecule has 1 aromatic rings. The number of carbonyl (C=O) groups excluding carboxylic acids is 1. The van der Waals surface area contributed by atoms with Crippen LogP contribution in [0.2, 0.25) is 0 Å². The summed E-state index contributed by atoms with van der Waals surface area (Å²) in [5.41, 5.74) is 0.482. The van der Waals surface area contributed by atoms with Gasteiger partial charge in [-0.05, 0) is 31.2 Å². The Hall–Kier alpha value is -2.19. The van der Waals surface area contributed by atoms with Crippen molar-refractivity contribution in [3.05, 3.63) is 60.8 Å². The van der Waals surface area contributed by atoms with Gasteiger partial charge in [-0.1, -0.05) is 96.4 Å². The van der Waals surface area contributed by atoms with Crippen molar-refractivity contribution in [1.82, 2.24) is 5.32 Å². The van der Waals surface area contributed by atoms with E-state index in [1.54, 1.807) is 13.8 Å². The molecule has 0 aromatic heterocycles. The number of esters is 1. The molecule has 0 amide bonds. The number of unbranched alkanes of at least 4 members (excludes halogenated alkanes) is 6. The first-order valence-corrected chi connectivity index (χ1v) is 14.7. The molecular weight excluding hydrogens is 506 g/mol. The van der Waals surface area contributed by atoms with E-state index in [-0.39, 0.29) is 26.4 Å². The normalized spacial score (nSPS) is 14.3. The second-order valence-electron chi connectivity index (χ2n) is 12.3. The lowest BCUT2D eigenvalue weighted by Crippen LogP contribution is -2.46. The van der Waals surface area contributed by atoms with Crippen LogP contribution in [-0.4, -0.2) is 66.0 Å². The molecule has 7 heteroatoms. The van der Waals surface area contributed by atoms with Crippen molar-refractivity contribution < 1.29 is 29.6 Å². The number of rotatable bonds is 23. The molecule has 0 fully saturated rings. The lowest BCUT2D eigenvalue weighted by molar-refractivity contribution is -0.151. The molecule has 0 radical (unpaired) electrons. The molecule has 0 aliphatic rings. The van der Waals surface area contributed by atoms with Crippen molar-refractivity contribution in [3.8, 4) is 0 Å². The fraction of sp³-hybridized carbons (Fsp3) is 0.667. The second-order valence-corrected chi connectivity index (χ2v) is 12.3. The van der Waals surface area contributed by atoms with Crippen LogP contribution in [-0.2, 0) is 20.7 Å². The van der Waals surface area contributed by atoms with Gasteiger partial charge in [-0.15, -0.1) is 6.58 Å². The van der Waals surface area contributed by atoms with Gasteiger partial charge in [0, 0.05) is 22.9 Å². The van der Waals surface area contributed by atoms with Gasteiger partial charge in [0.15, 0.2) is 0 Å². The summed E-state index contributed by atoms with van der Waals surface area (Å²) < 4.78 is 11.1. The predicted molar refractivity (Wildman–Crippen MR) is 162 cm³/mol. The molecular formula is C33H55NO6. The third kappa shape index (κ3) is 14.4. The second kappa shape index (κ2) is 19.0. The van der Waals surface area contributed by atoms with Gasteiger partial charge in [0.1, 0.15) is 18.8 Å². The van der Waals surface area contributed by atoms with E-state index in [2.05, 4.69) is 18.5 Å². The highest BCUT2D eigenvalue weighted by Crippen LogP contribution is 2.34. The summed E-state index contributed by atoms with van der Waals surface area (Å²) in [5, 5.41) is 33.8. The van der Waals surface area contributed by atoms with Crippen molar-refractivity contribution in [2.75, 3.05) is 26.4 Å². The van der Waals surface area contributed by atoms with Crippen LogP contribution < -0.4 is 5.32 Å². The third-order valence-electron chi connectivity index (χ3n) is 7.17. The van der Waals surface area contributed by atoms with Gasteiger partial charge in [0.25, 0.3) is 0 Å². The zero-order valence-corrected chi connectivity index (χ0v) is 25.4. The SMILES string of the molecule is C=CCCCCCCCCC(=C)NC(Cc1ccccc1)C(=O)OCC(O)COCC(C)(C)C(O)C(C)(C)CO. The van der Waals surface area contributed by atoms with Gasteiger partial charge < -0.3 is 30.1 Å². The average molecular weight is 562 g/mol. The zero-order chi connectivity index (χ0) is 30.0. The average Bonchev–Trinajstić information content (AvgIpc) is 2.92. The van der Waals surface area contributed by atoms with Crippen LogP contribution in [0.4, 0.5) is 0 Å². The molecule has 1 rings (SSSR count). The molecule has 228 valence electrons. The van der Waals surface area contributed by atoms with E-state index in [0.29, 0.717) is 6.42 Å². The lowest BCUT2D eigenvalue weighted by Gasteiger charge is -2.40. The number of aliphatic hydroxyl groups is 3. The monoisotopic (exact) mass is 561 g/mol. The van der Waals surface area contributed by atoms with E-state index in [9.17, 15) is 20.1 Å². The standard InChI is InChI=1S/C33H55NO6/c1-7-8-9-10-11-12-13-15-18-26(2)34-29(21-27-19-16-14-17-20-27)30(37)40-23-28(36)22-39-25-33(5,6)31(38)32(3,4)24-35/h7,14,16-17,19-20,28-29,31,34-36,38H,1-2,8-13,15,18,21-25H2,3-6H3. The molecule has 4 N–H and O–H groups in total. The number of ether oxygens (including phenoxy) is 2. The highest BCUT2D eigenvalue weighted by Gasteiger charge is 2.39. The molecule has 3 atom stereocenters. The minimum absolute atomic E-state index is 0.0416. The van der Waals surface area contributed by atoms with Crippen molar-refractivity contribution in [2.24, 2.45) is 10.8 Å². The molecule has 0 saturated heterocycles. The van der Waals surface area contributed by atoms with Crippen LogP contribution in [0, 0.1) is 10.8 Å². The fourth-order valence-electron chi connectivity index (χ4n) is 4.70. The van der Waals surface area contributed by atoms with Crippen LogP contribution in [0.3, 0.4) is 0 Å². The first-order chi connectivity index (χ1) is 18.9. The lowest BCUT2D eigenvalue weighted by atomic mass is 9.73. The number of aliphatic hydroxyl groups excluding tert-OH is 3. The van der Waals surface area contributed by atoms with Gasteiger partial charge in [-0.25, -0.2) is 4.79 Å². The fourth-order valence-corrected chi connectivity index (χ4v) is 4.70. The first kappa shape index (κ1) is 35.8. The topological polar surface area (TPSA) is 108 Å². The maximum atomic E-state index is 13.0. The molecule has 0 aliphatic heterocycles. The van der Waals surface area contributed by atoms with Gasteiger partial charge >= 0.3 is 5.97 Å². The summed E-state index contributed by atoms with van der Waals surface area (Å²) in [7, 11) is 0. The summed E-state index contributed by atoms with van der Waals surface area (Å²) in [5.74, 6) is -0.452. The highest BCUT2D eigenvalue weighted by molar-refractivity contribution is 5.76. The molecule has 7 nitrogen and oxygen atoms in total. The molecule has 3 unspecified atom stereocenters. The Kier molecular flexibility index (Phi) is 17.0. The van der Waals surface area contributed by atoms with Crippen LogP contribution in [0.1, 0.15) is 84.6 Å². The van der Waals surface area contributed by atoms with E-state index < -0.39 is 35.0 Å². The molecule has 40 heavy (non-hydrogen) atoms. The summed E-state index contributed by atoms with van der Waals surface area (Å²) >= 11 is 0. The van der Waals surface area contributed by atoms with E-state index in [1.165, 1.54) is 25.7 Å². The van der Waals surface area contributed by atoms with Gasteiger partial charge in [0.2, 0.25) is 0 Å². The summed E-state index contributed by atoms with van der Waals surface area (Å²) in [6.07, 6.45) is 9.45. The highest BCUT2D eigenvalue weighted by atomic mass is 16.5. The van der Waals surface area contributed by atoms with Crippen LogP contribution in [0.15, 0.2) is 55.3 Å². The van der Waals surface area contributed by atoms with E-state index in [0.717, 1.165) is 36.9 Å². The van der Waals surface area contributed by atoms with Crippen LogP contribution in [0.25, 0.3) is 0 Å². The van der Waals surface area contributed by atoms with Crippen LogP contribution in [0.5, 0.6) is 0 Å². The van der Waals surface area contributed by atoms with Crippen molar-refractivity contribution in [3.63, 3.8) is 0 Å². The number of carbonyl (C=O) groups is 1. The largest absolute Gasteiger partial charge is 0.461 e. The summed E-state index contributed by atoms with van der Waals surface area (Å²) in [6, 6.07) is 9.12. The first-order valence-electron chi connectivity index (χ1n) is 14.7. The number of nitrogens with one attached hydrogen (secondary N) is 1. The number of allylic oxidation sites excluding steroid dienone is 2. The Bertz CT molecular complexity index is 854. The van der Waals surface area contributed by atoms with Gasteiger partial charge in [-0.3, -0.25) is 0 Å². The van der Waals surface area contributed by atoms with Crippen molar-refractivity contribution >= 4 is 5.97 Å². The van der Waals surface area contributed by atoms with Crippen molar-refractivity contribution in [2.45, 2.75) is 104 Å². The maximum absolute atomic E-state index is 13.0.